The monoisotopic (exact) mass is 207 g/mol. The number of carbonyl (C=O) groups excluding carboxylic acids is 1. The van der Waals surface area contributed by atoms with Crippen LogP contribution in [0.25, 0.3) is 10.1 Å². The minimum absolute atomic E-state index is 0.115. The van der Waals surface area contributed by atoms with Crippen molar-refractivity contribution in [2.24, 2.45) is 5.73 Å². The van der Waals surface area contributed by atoms with E-state index in [1.54, 1.807) is 17.5 Å². The van der Waals surface area contributed by atoms with Gasteiger partial charge in [0.15, 0.2) is 0 Å². The van der Waals surface area contributed by atoms with Gasteiger partial charge in [0.05, 0.1) is 11.2 Å². The van der Waals surface area contributed by atoms with E-state index in [9.17, 15) is 4.79 Å². The Morgan fingerprint density at radius 1 is 1.57 bits per heavy atom. The molecule has 2 heterocycles. The van der Waals surface area contributed by atoms with Crippen LogP contribution in [-0.2, 0) is 4.79 Å². The summed E-state index contributed by atoms with van der Waals surface area (Å²) in [6, 6.07) is 3.94. The Bertz CT molecular complexity index is 466. The smallest absolute Gasteiger partial charge is 0.236 e. The molecule has 0 aromatic carbocycles. The Morgan fingerprint density at radius 3 is 3.21 bits per heavy atom. The Balaban J connectivity index is 2.32. The average molecular weight is 207 g/mol. The van der Waals surface area contributed by atoms with Gasteiger partial charge >= 0.3 is 0 Å². The molecule has 14 heavy (non-hydrogen) atoms. The van der Waals surface area contributed by atoms with E-state index in [0.717, 1.165) is 15.9 Å². The number of primary amides is 1. The van der Waals surface area contributed by atoms with Crippen LogP contribution in [0.1, 0.15) is 0 Å². The SMILES string of the molecule is NC(=O)CNc1nccc2ccsc12. The van der Waals surface area contributed by atoms with Crippen molar-refractivity contribution in [2.75, 3.05) is 11.9 Å². The molecule has 0 bridgehead atoms. The van der Waals surface area contributed by atoms with Crippen LogP contribution < -0.4 is 11.1 Å². The molecule has 5 heteroatoms. The molecule has 2 aromatic heterocycles. The van der Waals surface area contributed by atoms with Gasteiger partial charge < -0.3 is 11.1 Å². The summed E-state index contributed by atoms with van der Waals surface area (Å²) in [6.07, 6.45) is 1.71. The van der Waals surface area contributed by atoms with E-state index in [4.69, 9.17) is 5.73 Å². The largest absolute Gasteiger partial charge is 0.368 e. The van der Waals surface area contributed by atoms with Crippen molar-refractivity contribution in [3.05, 3.63) is 23.7 Å². The number of carbonyl (C=O) groups is 1. The highest BCUT2D eigenvalue weighted by Gasteiger charge is 2.03. The predicted molar refractivity (Wildman–Crippen MR) is 57.3 cm³/mol. The van der Waals surface area contributed by atoms with Crippen molar-refractivity contribution in [3.63, 3.8) is 0 Å². The van der Waals surface area contributed by atoms with Gasteiger partial charge in [0.1, 0.15) is 5.82 Å². The molecule has 0 aliphatic carbocycles. The van der Waals surface area contributed by atoms with Crippen molar-refractivity contribution in [1.29, 1.82) is 0 Å². The second-order valence-corrected chi connectivity index (χ2v) is 3.73. The number of pyridine rings is 1. The van der Waals surface area contributed by atoms with Crippen LogP contribution in [0.4, 0.5) is 5.82 Å². The molecule has 2 aromatic rings. The van der Waals surface area contributed by atoms with E-state index in [1.165, 1.54) is 0 Å². The van der Waals surface area contributed by atoms with Gasteiger partial charge in [-0.3, -0.25) is 4.79 Å². The fourth-order valence-electron chi connectivity index (χ4n) is 1.19. The highest BCUT2D eigenvalue weighted by molar-refractivity contribution is 7.17. The summed E-state index contributed by atoms with van der Waals surface area (Å²) in [4.78, 5) is 14.7. The first kappa shape index (κ1) is 8.96. The standard InChI is InChI=1S/C9H9N3OS/c10-7(13)5-12-9-8-6(1-3-11-9)2-4-14-8/h1-4H,5H2,(H2,10,13)(H,11,12). The molecule has 0 unspecified atom stereocenters. The number of nitrogens with one attached hydrogen (secondary N) is 1. The Labute approximate surface area is 84.8 Å². The summed E-state index contributed by atoms with van der Waals surface area (Å²) >= 11 is 1.59. The molecule has 2 rings (SSSR count). The lowest BCUT2D eigenvalue weighted by Crippen LogP contribution is -2.22. The number of anilines is 1. The molecule has 0 aliphatic heterocycles. The highest BCUT2D eigenvalue weighted by atomic mass is 32.1. The van der Waals surface area contributed by atoms with Crippen molar-refractivity contribution in [3.8, 4) is 0 Å². The van der Waals surface area contributed by atoms with Crippen LogP contribution in [0.3, 0.4) is 0 Å². The summed E-state index contributed by atoms with van der Waals surface area (Å²) in [7, 11) is 0. The maximum Gasteiger partial charge on any atom is 0.236 e. The van der Waals surface area contributed by atoms with E-state index < -0.39 is 0 Å². The van der Waals surface area contributed by atoms with Crippen LogP contribution in [0.5, 0.6) is 0 Å². The van der Waals surface area contributed by atoms with Gasteiger partial charge in [-0.1, -0.05) is 0 Å². The Kier molecular flexibility index (Phi) is 2.32. The molecule has 72 valence electrons. The van der Waals surface area contributed by atoms with E-state index in [0.29, 0.717) is 0 Å². The van der Waals surface area contributed by atoms with Crippen LogP contribution in [0.2, 0.25) is 0 Å². The summed E-state index contributed by atoms with van der Waals surface area (Å²) < 4.78 is 1.05. The number of hydrogen-bond donors (Lipinski definition) is 2. The van der Waals surface area contributed by atoms with E-state index in [-0.39, 0.29) is 12.5 Å². The first-order chi connectivity index (χ1) is 6.77. The number of rotatable bonds is 3. The fourth-order valence-corrected chi connectivity index (χ4v) is 2.05. The second kappa shape index (κ2) is 3.63. The number of hydrogen-bond acceptors (Lipinski definition) is 4. The molecule has 0 saturated carbocycles. The van der Waals surface area contributed by atoms with Crippen LogP contribution in [0, 0.1) is 0 Å². The van der Waals surface area contributed by atoms with E-state index >= 15 is 0 Å². The first-order valence-corrected chi connectivity index (χ1v) is 5.00. The van der Waals surface area contributed by atoms with Crippen molar-refractivity contribution >= 4 is 33.1 Å². The number of amides is 1. The number of fused-ring (bicyclic) bond motifs is 1. The van der Waals surface area contributed by atoms with E-state index in [1.807, 2.05) is 17.5 Å². The molecular weight excluding hydrogens is 198 g/mol. The quantitative estimate of drug-likeness (QED) is 0.794. The zero-order valence-corrected chi connectivity index (χ0v) is 8.17. The molecule has 3 N–H and O–H groups in total. The number of nitrogens with zero attached hydrogens (tertiary/aromatic N) is 1. The maximum atomic E-state index is 10.6. The summed E-state index contributed by atoms with van der Waals surface area (Å²) in [5.41, 5.74) is 5.03. The predicted octanol–water partition coefficient (Wildman–Crippen LogP) is 1.19. The van der Waals surface area contributed by atoms with Crippen molar-refractivity contribution < 1.29 is 4.79 Å². The molecule has 4 nitrogen and oxygen atoms in total. The van der Waals surface area contributed by atoms with Crippen molar-refractivity contribution in [2.45, 2.75) is 0 Å². The highest BCUT2D eigenvalue weighted by Crippen LogP contribution is 2.26. The van der Waals surface area contributed by atoms with Gasteiger partial charge in [0.25, 0.3) is 0 Å². The first-order valence-electron chi connectivity index (χ1n) is 4.12. The van der Waals surface area contributed by atoms with Crippen molar-refractivity contribution in [1.82, 2.24) is 4.98 Å². The lowest BCUT2D eigenvalue weighted by Gasteiger charge is -2.02. The summed E-state index contributed by atoms with van der Waals surface area (Å²) in [6.45, 7) is 0.115. The molecule has 0 fully saturated rings. The molecular formula is C9H9N3OS. The summed E-state index contributed by atoms with van der Waals surface area (Å²) in [5.74, 6) is 0.330. The van der Waals surface area contributed by atoms with Crippen LogP contribution in [-0.4, -0.2) is 17.4 Å². The average Bonchev–Trinajstić information content (AvgIpc) is 2.62. The topological polar surface area (TPSA) is 68.0 Å². The van der Waals surface area contributed by atoms with Gasteiger partial charge in [0.2, 0.25) is 5.91 Å². The number of thiophene rings is 1. The Morgan fingerprint density at radius 2 is 2.43 bits per heavy atom. The third-order valence-electron chi connectivity index (χ3n) is 1.80. The van der Waals surface area contributed by atoms with Crippen LogP contribution in [0.15, 0.2) is 23.7 Å². The Hall–Kier alpha value is -1.62. The molecule has 0 radical (unpaired) electrons. The second-order valence-electron chi connectivity index (χ2n) is 2.82. The molecule has 0 spiro atoms. The molecule has 0 saturated heterocycles. The lowest BCUT2D eigenvalue weighted by atomic mass is 10.3. The van der Waals surface area contributed by atoms with Gasteiger partial charge in [-0.05, 0) is 22.9 Å². The minimum atomic E-state index is -0.389. The zero-order valence-electron chi connectivity index (χ0n) is 7.36. The van der Waals surface area contributed by atoms with Gasteiger partial charge in [-0.15, -0.1) is 11.3 Å². The number of aromatic nitrogens is 1. The molecule has 1 amide bonds. The van der Waals surface area contributed by atoms with Gasteiger partial charge in [0, 0.05) is 6.20 Å². The third kappa shape index (κ3) is 1.67. The molecule has 0 atom stereocenters. The third-order valence-corrected chi connectivity index (χ3v) is 2.74. The maximum absolute atomic E-state index is 10.6. The lowest BCUT2D eigenvalue weighted by molar-refractivity contribution is -0.116. The minimum Gasteiger partial charge on any atom is -0.368 e. The van der Waals surface area contributed by atoms with Gasteiger partial charge in [-0.2, -0.15) is 0 Å². The van der Waals surface area contributed by atoms with Crippen LogP contribution >= 0.6 is 11.3 Å². The fraction of sp³-hybridized carbons (Fsp3) is 0.111. The zero-order chi connectivity index (χ0) is 9.97. The van der Waals surface area contributed by atoms with Gasteiger partial charge in [-0.25, -0.2) is 4.98 Å². The van der Waals surface area contributed by atoms with E-state index in [2.05, 4.69) is 10.3 Å². The normalized spacial score (nSPS) is 10.3. The molecule has 0 aliphatic rings. The number of nitrogens with two attached hydrogens (primary N) is 1. The summed E-state index contributed by atoms with van der Waals surface area (Å²) in [5, 5.41) is 6.01.